The van der Waals surface area contributed by atoms with E-state index < -0.39 is 0 Å². The van der Waals surface area contributed by atoms with E-state index in [0.29, 0.717) is 28.0 Å². The third kappa shape index (κ3) is 6.28. The lowest BCUT2D eigenvalue weighted by atomic mass is 9.69. The molecule has 2 N–H and O–H groups in total. The fourth-order valence-corrected chi connectivity index (χ4v) is 5.94. The van der Waals surface area contributed by atoms with Crippen molar-refractivity contribution in [2.24, 2.45) is 11.8 Å². The van der Waals surface area contributed by atoms with Crippen molar-refractivity contribution in [3.8, 4) is 0 Å². The minimum absolute atomic E-state index is 0.0506. The number of halogens is 2. The Balaban J connectivity index is 1.43. The van der Waals surface area contributed by atoms with Crippen molar-refractivity contribution < 1.29 is 0 Å². The molecule has 0 amide bonds. The molecule has 0 radical (unpaired) electrons. The molecule has 0 spiro atoms. The van der Waals surface area contributed by atoms with Gasteiger partial charge in [0, 0.05) is 36.1 Å². The third-order valence-electron chi connectivity index (χ3n) is 6.95. The van der Waals surface area contributed by atoms with Crippen molar-refractivity contribution in [3.05, 3.63) is 46.1 Å². The number of thiocarbonyl (C=S) groups is 1. The molecule has 33 heavy (non-hydrogen) atoms. The van der Waals surface area contributed by atoms with Crippen molar-refractivity contribution >= 4 is 52.3 Å². The molecule has 1 aliphatic carbocycles. The van der Waals surface area contributed by atoms with Gasteiger partial charge in [0.2, 0.25) is 5.95 Å². The molecule has 4 rings (SSSR count). The maximum Gasteiger partial charge on any atom is 0.232 e. The van der Waals surface area contributed by atoms with E-state index in [1.165, 1.54) is 31.2 Å². The molecule has 2 unspecified atom stereocenters. The van der Waals surface area contributed by atoms with Gasteiger partial charge < -0.3 is 15.5 Å². The molecular weight excluding hydrogens is 473 g/mol. The van der Waals surface area contributed by atoms with E-state index in [1.807, 2.05) is 18.2 Å². The molecule has 0 bridgehead atoms. The standard InChI is InChI=1S/C25H33Cl2N5S/c1-17-12-18(2)15-32(14-17)22-13-21(27)29-23(30-22)31-24(33)28-16-25(10-4-3-5-11-25)19-6-8-20(26)9-7-19/h6-9,13,17-18H,3-5,10-12,14-16H2,1-2H3,(H2,28,29,30,31,33). The fourth-order valence-electron chi connectivity index (χ4n) is 5.47. The van der Waals surface area contributed by atoms with Gasteiger partial charge in [-0.3, -0.25) is 0 Å². The molecule has 1 saturated heterocycles. The molecule has 1 aromatic carbocycles. The van der Waals surface area contributed by atoms with Crippen LogP contribution in [0.5, 0.6) is 0 Å². The highest BCUT2D eigenvalue weighted by atomic mass is 35.5. The van der Waals surface area contributed by atoms with Crippen molar-refractivity contribution in [1.29, 1.82) is 0 Å². The zero-order chi connectivity index (χ0) is 23.4. The summed E-state index contributed by atoms with van der Waals surface area (Å²) in [6.45, 7) is 7.28. The van der Waals surface area contributed by atoms with Gasteiger partial charge in [0.1, 0.15) is 11.0 Å². The number of benzene rings is 1. The van der Waals surface area contributed by atoms with Gasteiger partial charge in [-0.25, -0.2) is 4.98 Å². The Kier molecular flexibility index (Phi) is 7.98. The lowest BCUT2D eigenvalue weighted by molar-refractivity contribution is 0.292. The second-order valence-electron chi connectivity index (χ2n) is 9.88. The van der Waals surface area contributed by atoms with Crippen LogP contribution < -0.4 is 15.5 Å². The molecule has 2 aliphatic rings. The van der Waals surface area contributed by atoms with E-state index in [4.69, 9.17) is 40.4 Å². The molecule has 2 fully saturated rings. The lowest BCUT2D eigenvalue weighted by Gasteiger charge is -2.38. The zero-order valence-corrected chi connectivity index (χ0v) is 21.7. The lowest BCUT2D eigenvalue weighted by Crippen LogP contribution is -2.43. The summed E-state index contributed by atoms with van der Waals surface area (Å²) in [7, 11) is 0. The fraction of sp³-hybridized carbons (Fsp3) is 0.560. The monoisotopic (exact) mass is 505 g/mol. The van der Waals surface area contributed by atoms with Gasteiger partial charge in [0.15, 0.2) is 5.11 Å². The van der Waals surface area contributed by atoms with Crippen molar-refractivity contribution in [2.45, 2.75) is 57.8 Å². The third-order valence-corrected chi connectivity index (χ3v) is 7.65. The quantitative estimate of drug-likeness (QED) is 0.359. The van der Waals surface area contributed by atoms with Crippen LogP contribution in [0.15, 0.2) is 30.3 Å². The average Bonchev–Trinajstić information content (AvgIpc) is 2.78. The number of nitrogens with zero attached hydrogens (tertiary/aromatic N) is 3. The summed E-state index contributed by atoms with van der Waals surface area (Å²) in [4.78, 5) is 11.4. The summed E-state index contributed by atoms with van der Waals surface area (Å²) in [5.74, 6) is 2.54. The Hall–Kier alpha value is -1.63. The summed E-state index contributed by atoms with van der Waals surface area (Å²) in [6.07, 6.45) is 7.23. The van der Waals surface area contributed by atoms with Crippen LogP contribution in [0.3, 0.4) is 0 Å². The smallest absolute Gasteiger partial charge is 0.232 e. The highest BCUT2D eigenvalue weighted by Crippen LogP contribution is 2.39. The highest BCUT2D eigenvalue weighted by Gasteiger charge is 2.34. The van der Waals surface area contributed by atoms with Crippen LogP contribution in [0.25, 0.3) is 0 Å². The first-order valence-corrected chi connectivity index (χ1v) is 13.1. The maximum atomic E-state index is 6.35. The number of nitrogens with one attached hydrogen (secondary N) is 2. The number of piperidine rings is 1. The molecule has 2 heterocycles. The number of aromatic nitrogens is 2. The van der Waals surface area contributed by atoms with Crippen LogP contribution in [-0.4, -0.2) is 34.7 Å². The molecule has 1 saturated carbocycles. The molecule has 178 valence electrons. The van der Waals surface area contributed by atoms with Gasteiger partial charge in [-0.2, -0.15) is 4.98 Å². The van der Waals surface area contributed by atoms with E-state index in [2.05, 4.69) is 46.5 Å². The van der Waals surface area contributed by atoms with Gasteiger partial charge >= 0.3 is 0 Å². The van der Waals surface area contributed by atoms with E-state index in [0.717, 1.165) is 43.3 Å². The first-order valence-electron chi connectivity index (χ1n) is 11.9. The van der Waals surface area contributed by atoms with Gasteiger partial charge in [-0.15, -0.1) is 0 Å². The molecule has 1 aliphatic heterocycles. The Bertz CT molecular complexity index is 952. The Morgan fingerprint density at radius 2 is 1.73 bits per heavy atom. The van der Waals surface area contributed by atoms with Crippen molar-refractivity contribution in [3.63, 3.8) is 0 Å². The predicted octanol–water partition coefficient (Wildman–Crippen LogP) is 6.45. The Labute approximate surface area is 212 Å². The van der Waals surface area contributed by atoms with Crippen LogP contribution in [0.4, 0.5) is 11.8 Å². The maximum absolute atomic E-state index is 6.35. The van der Waals surface area contributed by atoms with E-state index in [-0.39, 0.29) is 5.41 Å². The highest BCUT2D eigenvalue weighted by molar-refractivity contribution is 7.80. The van der Waals surface area contributed by atoms with Gasteiger partial charge in [0.05, 0.1) is 0 Å². The number of anilines is 2. The van der Waals surface area contributed by atoms with Crippen LogP contribution >= 0.6 is 35.4 Å². The Morgan fingerprint density at radius 3 is 2.39 bits per heavy atom. The molecule has 1 aromatic heterocycles. The largest absolute Gasteiger partial charge is 0.361 e. The second kappa shape index (κ2) is 10.7. The SMILES string of the molecule is CC1CC(C)CN(c2cc(Cl)nc(NC(=S)NCC3(c4ccc(Cl)cc4)CCCCC3)n2)C1. The summed E-state index contributed by atoms with van der Waals surface area (Å²) < 4.78 is 0. The second-order valence-corrected chi connectivity index (χ2v) is 11.1. The zero-order valence-electron chi connectivity index (χ0n) is 19.4. The summed E-state index contributed by atoms with van der Waals surface area (Å²) in [5.41, 5.74) is 1.37. The number of hydrogen-bond donors (Lipinski definition) is 2. The van der Waals surface area contributed by atoms with Gasteiger partial charge in [0.25, 0.3) is 0 Å². The topological polar surface area (TPSA) is 53.1 Å². The van der Waals surface area contributed by atoms with E-state index >= 15 is 0 Å². The minimum Gasteiger partial charge on any atom is -0.361 e. The van der Waals surface area contributed by atoms with Gasteiger partial charge in [-0.1, -0.05) is 68.4 Å². The average molecular weight is 507 g/mol. The van der Waals surface area contributed by atoms with Gasteiger partial charge in [-0.05, 0) is 61.0 Å². The molecule has 2 atom stereocenters. The normalized spacial score (nSPS) is 22.6. The van der Waals surface area contributed by atoms with Crippen LogP contribution in [0.2, 0.25) is 10.2 Å². The summed E-state index contributed by atoms with van der Waals surface area (Å²) >= 11 is 18.1. The molecular formula is C25H33Cl2N5S. The predicted molar refractivity (Wildman–Crippen MR) is 143 cm³/mol. The van der Waals surface area contributed by atoms with E-state index in [1.54, 1.807) is 0 Å². The number of hydrogen-bond acceptors (Lipinski definition) is 4. The molecule has 2 aromatic rings. The Morgan fingerprint density at radius 1 is 1.06 bits per heavy atom. The van der Waals surface area contributed by atoms with Crippen molar-refractivity contribution in [2.75, 3.05) is 29.9 Å². The van der Waals surface area contributed by atoms with Crippen LogP contribution in [0.1, 0.15) is 57.9 Å². The van der Waals surface area contributed by atoms with Crippen molar-refractivity contribution in [1.82, 2.24) is 15.3 Å². The first kappa shape index (κ1) is 24.5. The van der Waals surface area contributed by atoms with Crippen LogP contribution in [-0.2, 0) is 5.41 Å². The molecule has 8 heteroatoms. The summed E-state index contributed by atoms with van der Waals surface area (Å²) in [5, 5.41) is 8.30. The first-order chi connectivity index (χ1) is 15.8. The van der Waals surface area contributed by atoms with E-state index in [9.17, 15) is 0 Å². The molecule has 5 nitrogen and oxygen atoms in total. The van der Waals surface area contributed by atoms with Crippen LogP contribution in [0, 0.1) is 11.8 Å². The number of rotatable bonds is 5. The minimum atomic E-state index is 0.0506. The summed E-state index contributed by atoms with van der Waals surface area (Å²) in [6, 6.07) is 10.1.